The van der Waals surface area contributed by atoms with Gasteiger partial charge in [-0.15, -0.1) is 0 Å². The van der Waals surface area contributed by atoms with Crippen molar-refractivity contribution in [3.8, 4) is 0 Å². The lowest BCUT2D eigenvalue weighted by atomic mass is 9.88. The summed E-state index contributed by atoms with van der Waals surface area (Å²) in [5.41, 5.74) is 2.43. The first kappa shape index (κ1) is 20.8. The van der Waals surface area contributed by atoms with Crippen LogP contribution in [0, 0.1) is 5.92 Å². The third-order valence-electron chi connectivity index (χ3n) is 6.38. The molecule has 0 spiro atoms. The maximum Gasteiger partial charge on any atom is 0.266 e. The molecule has 0 aromatic heterocycles. The molecule has 1 fully saturated rings. The zero-order chi connectivity index (χ0) is 22.9. The number of carbonyl (C=O) groups is 4. The maximum absolute atomic E-state index is 13.0. The number of hydrogen-bond acceptors (Lipinski definition) is 4. The summed E-state index contributed by atoms with van der Waals surface area (Å²) in [6.07, 6.45) is 1.22. The second kappa shape index (κ2) is 8.47. The molecule has 2 heterocycles. The number of benzene rings is 3. The normalized spacial score (nSPS) is 16.1. The smallest absolute Gasteiger partial charge is 0.266 e. The van der Waals surface area contributed by atoms with E-state index >= 15 is 0 Å². The molecule has 0 aliphatic carbocycles. The number of imide groups is 1. The molecule has 0 bridgehead atoms. The molecule has 0 atom stereocenters. The van der Waals surface area contributed by atoms with E-state index in [0.29, 0.717) is 53.9 Å². The highest BCUT2D eigenvalue weighted by Gasteiger charge is 2.36. The van der Waals surface area contributed by atoms with E-state index in [-0.39, 0.29) is 29.4 Å². The van der Waals surface area contributed by atoms with E-state index in [2.05, 4.69) is 0 Å². The lowest BCUT2D eigenvalue weighted by molar-refractivity contribution is 0.0650. The lowest BCUT2D eigenvalue weighted by Gasteiger charge is -2.31. The van der Waals surface area contributed by atoms with Gasteiger partial charge in [-0.3, -0.25) is 19.2 Å². The number of Topliss-reactive ketones (excluding diaryl/α,β-unsaturated/α-hetero) is 1. The number of hydrogen-bond donors (Lipinski definition) is 0. The van der Waals surface area contributed by atoms with Gasteiger partial charge in [-0.25, -0.2) is 4.90 Å². The van der Waals surface area contributed by atoms with Crippen LogP contribution in [0.15, 0.2) is 78.9 Å². The Hall–Kier alpha value is -4.06. The number of ketones is 1. The van der Waals surface area contributed by atoms with E-state index in [1.54, 1.807) is 65.6 Å². The monoisotopic (exact) mass is 438 g/mol. The van der Waals surface area contributed by atoms with E-state index in [1.165, 1.54) is 0 Å². The molecular formula is C27H22N2O4. The van der Waals surface area contributed by atoms with Crippen molar-refractivity contribution in [2.45, 2.75) is 12.8 Å². The van der Waals surface area contributed by atoms with Crippen LogP contribution in [0.2, 0.25) is 0 Å². The fourth-order valence-electron chi connectivity index (χ4n) is 4.54. The van der Waals surface area contributed by atoms with Crippen molar-refractivity contribution < 1.29 is 19.2 Å². The minimum atomic E-state index is -0.356. The summed E-state index contributed by atoms with van der Waals surface area (Å²) < 4.78 is 0. The summed E-state index contributed by atoms with van der Waals surface area (Å²) in [6, 6.07) is 22.5. The van der Waals surface area contributed by atoms with E-state index < -0.39 is 0 Å². The molecule has 0 N–H and O–H groups in total. The van der Waals surface area contributed by atoms with E-state index in [9.17, 15) is 19.2 Å². The van der Waals surface area contributed by atoms with Crippen LogP contribution in [0.3, 0.4) is 0 Å². The molecule has 0 radical (unpaired) electrons. The van der Waals surface area contributed by atoms with Gasteiger partial charge >= 0.3 is 0 Å². The van der Waals surface area contributed by atoms with Gasteiger partial charge < -0.3 is 4.90 Å². The molecule has 3 aromatic carbocycles. The molecule has 2 aliphatic heterocycles. The Balaban J connectivity index is 1.24. The fourth-order valence-corrected chi connectivity index (χ4v) is 4.54. The third kappa shape index (κ3) is 3.74. The molecule has 6 heteroatoms. The number of amides is 3. The minimum absolute atomic E-state index is 0.00760. The van der Waals surface area contributed by atoms with Crippen molar-refractivity contribution in [1.82, 2.24) is 4.90 Å². The maximum atomic E-state index is 13.0. The summed E-state index contributed by atoms with van der Waals surface area (Å²) in [5, 5.41) is 0. The number of fused-ring (bicyclic) bond motifs is 1. The molecule has 5 rings (SSSR count). The molecule has 0 saturated carbocycles. The number of rotatable bonds is 4. The highest BCUT2D eigenvalue weighted by molar-refractivity contribution is 6.34. The second-order valence-corrected chi connectivity index (χ2v) is 8.33. The Labute approximate surface area is 191 Å². The summed E-state index contributed by atoms with van der Waals surface area (Å²) in [6.45, 7) is 1.08. The second-order valence-electron chi connectivity index (χ2n) is 8.33. The lowest BCUT2D eigenvalue weighted by Crippen LogP contribution is -2.40. The van der Waals surface area contributed by atoms with Crippen molar-refractivity contribution in [2.75, 3.05) is 18.0 Å². The van der Waals surface area contributed by atoms with Gasteiger partial charge in [0.15, 0.2) is 5.78 Å². The first-order valence-electron chi connectivity index (χ1n) is 11.0. The molecule has 6 nitrogen and oxygen atoms in total. The number of piperidine rings is 1. The minimum Gasteiger partial charge on any atom is -0.339 e. The number of carbonyl (C=O) groups excluding carboxylic acids is 4. The largest absolute Gasteiger partial charge is 0.339 e. The van der Waals surface area contributed by atoms with Gasteiger partial charge in [-0.2, -0.15) is 0 Å². The number of anilines is 1. The Kier molecular flexibility index (Phi) is 5.34. The van der Waals surface area contributed by atoms with Crippen LogP contribution in [0.5, 0.6) is 0 Å². The standard InChI is InChI=1S/C27H22N2O4/c30-24(19-14-16-28(17-15-19)25(31)20-6-2-1-3-7-20)18-10-12-21(13-11-18)29-26(32)22-8-4-5-9-23(22)27(29)33/h1-13,19H,14-17H2. The quantitative estimate of drug-likeness (QED) is 0.452. The SMILES string of the molecule is O=C(c1ccc(N2C(=O)c3ccccc3C2=O)cc1)C1CCN(C(=O)c2ccccc2)CC1. The van der Waals surface area contributed by atoms with Gasteiger partial charge in [0.05, 0.1) is 16.8 Å². The van der Waals surface area contributed by atoms with Gasteiger partial charge in [0, 0.05) is 30.1 Å². The highest BCUT2D eigenvalue weighted by Crippen LogP contribution is 2.29. The van der Waals surface area contributed by atoms with Crippen molar-refractivity contribution in [3.05, 3.63) is 101 Å². The predicted molar refractivity (Wildman–Crippen MR) is 123 cm³/mol. The van der Waals surface area contributed by atoms with Gasteiger partial charge in [-0.05, 0) is 61.4 Å². The zero-order valence-corrected chi connectivity index (χ0v) is 17.9. The Morgan fingerprint density at radius 2 is 1.21 bits per heavy atom. The third-order valence-corrected chi connectivity index (χ3v) is 6.38. The van der Waals surface area contributed by atoms with Crippen molar-refractivity contribution in [3.63, 3.8) is 0 Å². The molecule has 0 unspecified atom stereocenters. The van der Waals surface area contributed by atoms with Crippen LogP contribution in [0.25, 0.3) is 0 Å². The summed E-state index contributed by atoms with van der Waals surface area (Å²) in [7, 11) is 0. The predicted octanol–water partition coefficient (Wildman–Crippen LogP) is 4.22. The highest BCUT2D eigenvalue weighted by atomic mass is 16.2. The van der Waals surface area contributed by atoms with Crippen LogP contribution >= 0.6 is 0 Å². The average molecular weight is 438 g/mol. The summed E-state index contributed by atoms with van der Waals surface area (Å²) >= 11 is 0. The molecule has 3 aromatic rings. The van der Waals surface area contributed by atoms with E-state index in [1.807, 2.05) is 18.2 Å². The topological polar surface area (TPSA) is 74.8 Å². The van der Waals surface area contributed by atoms with E-state index in [0.717, 1.165) is 4.90 Å². The summed E-state index contributed by atoms with van der Waals surface area (Å²) in [5.74, 6) is -0.854. The molecule has 2 aliphatic rings. The Bertz CT molecular complexity index is 1210. The van der Waals surface area contributed by atoms with Crippen molar-refractivity contribution in [1.29, 1.82) is 0 Å². The van der Waals surface area contributed by atoms with E-state index in [4.69, 9.17) is 0 Å². The van der Waals surface area contributed by atoms with Gasteiger partial charge in [0.25, 0.3) is 17.7 Å². The van der Waals surface area contributed by atoms with Crippen LogP contribution in [-0.4, -0.2) is 41.5 Å². The first-order chi connectivity index (χ1) is 16.0. The fraction of sp³-hybridized carbons (Fsp3) is 0.185. The molecule has 33 heavy (non-hydrogen) atoms. The number of nitrogens with zero attached hydrogens (tertiary/aromatic N) is 2. The summed E-state index contributed by atoms with van der Waals surface area (Å²) in [4.78, 5) is 53.9. The molecular weight excluding hydrogens is 416 g/mol. The molecule has 1 saturated heterocycles. The zero-order valence-electron chi connectivity index (χ0n) is 17.9. The Morgan fingerprint density at radius 3 is 1.79 bits per heavy atom. The van der Waals surface area contributed by atoms with Crippen LogP contribution < -0.4 is 4.90 Å². The Morgan fingerprint density at radius 1 is 0.667 bits per heavy atom. The van der Waals surface area contributed by atoms with Crippen molar-refractivity contribution in [2.24, 2.45) is 5.92 Å². The van der Waals surface area contributed by atoms with Gasteiger partial charge in [0.1, 0.15) is 0 Å². The van der Waals surface area contributed by atoms with Gasteiger partial charge in [0.2, 0.25) is 0 Å². The molecule has 164 valence electrons. The van der Waals surface area contributed by atoms with Crippen LogP contribution in [-0.2, 0) is 0 Å². The van der Waals surface area contributed by atoms with Crippen LogP contribution in [0.1, 0.15) is 54.3 Å². The van der Waals surface area contributed by atoms with Crippen molar-refractivity contribution >= 4 is 29.2 Å². The van der Waals surface area contributed by atoms with Gasteiger partial charge in [-0.1, -0.05) is 30.3 Å². The van der Waals surface area contributed by atoms with Crippen LogP contribution in [0.4, 0.5) is 5.69 Å². The number of likely N-dealkylation sites (tertiary alicyclic amines) is 1. The average Bonchev–Trinajstić information content (AvgIpc) is 3.14. The molecule has 3 amide bonds. The first-order valence-corrected chi connectivity index (χ1v) is 11.0.